The van der Waals surface area contributed by atoms with Gasteiger partial charge < -0.3 is 19.5 Å². The summed E-state index contributed by atoms with van der Waals surface area (Å²) in [7, 11) is 3.45. The number of nitrogens with zero attached hydrogens (tertiary/aromatic N) is 2. The average molecular weight is 493 g/mol. The van der Waals surface area contributed by atoms with Crippen LogP contribution >= 0.6 is 11.3 Å². The van der Waals surface area contributed by atoms with Gasteiger partial charge in [0.25, 0.3) is 5.91 Å². The highest BCUT2D eigenvalue weighted by Crippen LogP contribution is 2.39. The molecular weight excluding hydrogens is 467 g/mol. The first-order valence-corrected chi connectivity index (χ1v) is 12.1. The molecule has 0 spiro atoms. The zero-order chi connectivity index (χ0) is 24.5. The molecule has 1 N–H and O–H groups in total. The van der Waals surface area contributed by atoms with Gasteiger partial charge in [-0.15, -0.1) is 11.3 Å². The Morgan fingerprint density at radius 3 is 2.89 bits per heavy atom. The fraction of sp³-hybridized carbons (Fsp3) is 0.259. The van der Waals surface area contributed by atoms with Crippen LogP contribution in [0.25, 0.3) is 10.2 Å². The summed E-state index contributed by atoms with van der Waals surface area (Å²) in [6.45, 7) is 0.620. The molecule has 5 rings (SSSR count). The van der Waals surface area contributed by atoms with Crippen LogP contribution in [-0.4, -0.2) is 41.6 Å². The van der Waals surface area contributed by atoms with Gasteiger partial charge in [0, 0.05) is 37.2 Å². The minimum atomic E-state index is -0.735. The molecule has 0 saturated heterocycles. The van der Waals surface area contributed by atoms with Crippen molar-refractivity contribution in [3.8, 4) is 11.5 Å². The average Bonchev–Trinajstić information content (AvgIpc) is 3.26. The van der Waals surface area contributed by atoms with Crippen LogP contribution in [0.4, 0.5) is 4.39 Å². The van der Waals surface area contributed by atoms with Crippen LogP contribution < -0.4 is 9.47 Å². The van der Waals surface area contributed by atoms with Gasteiger partial charge in [0.1, 0.15) is 28.9 Å². The van der Waals surface area contributed by atoms with Crippen LogP contribution in [0.15, 0.2) is 60.7 Å². The fourth-order valence-electron chi connectivity index (χ4n) is 4.24. The quantitative estimate of drug-likeness (QED) is 0.410. The van der Waals surface area contributed by atoms with Gasteiger partial charge in [0.2, 0.25) is 0 Å². The number of ether oxygens (including phenoxy) is 2. The second-order valence-corrected chi connectivity index (χ2v) is 9.94. The van der Waals surface area contributed by atoms with Crippen LogP contribution in [0.1, 0.15) is 32.6 Å². The van der Waals surface area contributed by atoms with E-state index in [1.165, 1.54) is 23.5 Å². The van der Waals surface area contributed by atoms with E-state index >= 15 is 0 Å². The van der Waals surface area contributed by atoms with Crippen molar-refractivity contribution in [1.82, 2.24) is 9.88 Å². The predicted octanol–water partition coefficient (Wildman–Crippen LogP) is 5.00. The molecule has 3 aromatic carbocycles. The Bertz CT molecular complexity index is 1390. The maximum atomic E-state index is 13.4. The molecule has 1 aliphatic rings. The Labute approximate surface area is 206 Å². The minimum absolute atomic E-state index is 0.0577. The number of amides is 1. The maximum absolute atomic E-state index is 13.4. The lowest BCUT2D eigenvalue weighted by Crippen LogP contribution is -2.28. The lowest BCUT2D eigenvalue weighted by atomic mass is 9.87. The number of thiazole rings is 1. The molecule has 2 atom stereocenters. The number of carbonyl (C=O) groups excluding carboxylic acids is 1. The Morgan fingerprint density at radius 2 is 2.06 bits per heavy atom. The van der Waals surface area contributed by atoms with Crippen LogP contribution in [-0.2, 0) is 13.0 Å². The molecule has 1 aromatic heterocycles. The van der Waals surface area contributed by atoms with E-state index in [0.29, 0.717) is 41.2 Å². The number of aliphatic hydroxyl groups is 1. The van der Waals surface area contributed by atoms with Gasteiger partial charge >= 0.3 is 0 Å². The van der Waals surface area contributed by atoms with E-state index in [-0.39, 0.29) is 24.2 Å². The molecule has 35 heavy (non-hydrogen) atoms. The van der Waals surface area contributed by atoms with Crippen molar-refractivity contribution in [3.05, 3.63) is 88.2 Å². The van der Waals surface area contributed by atoms with Gasteiger partial charge in [-0.25, -0.2) is 9.37 Å². The van der Waals surface area contributed by atoms with Gasteiger partial charge in [-0.3, -0.25) is 4.79 Å². The number of aliphatic hydroxyl groups excluding tert-OH is 1. The Kier molecular flexibility index (Phi) is 6.40. The summed E-state index contributed by atoms with van der Waals surface area (Å²) in [5, 5.41) is 11.9. The molecule has 0 radical (unpaired) electrons. The SMILES string of the molecule is CN(C)C(=O)c1cccc(C[C@H]2COc3ccc(OCc4nc5cc(F)ccc5s4)cc3[C@H]2O)c1. The fourth-order valence-corrected chi connectivity index (χ4v) is 5.10. The van der Waals surface area contributed by atoms with Crippen LogP contribution in [0, 0.1) is 11.7 Å². The number of fused-ring (bicyclic) bond motifs is 2. The molecule has 180 valence electrons. The van der Waals surface area contributed by atoms with Gasteiger partial charge in [0.15, 0.2) is 0 Å². The van der Waals surface area contributed by atoms with Crippen molar-refractivity contribution >= 4 is 27.5 Å². The highest BCUT2D eigenvalue weighted by molar-refractivity contribution is 7.18. The maximum Gasteiger partial charge on any atom is 0.253 e. The number of hydrogen-bond acceptors (Lipinski definition) is 6. The zero-order valence-corrected chi connectivity index (χ0v) is 20.2. The number of benzene rings is 3. The highest BCUT2D eigenvalue weighted by atomic mass is 32.1. The summed E-state index contributed by atoms with van der Waals surface area (Å²) in [4.78, 5) is 18.3. The minimum Gasteiger partial charge on any atom is -0.493 e. The molecule has 1 amide bonds. The van der Waals surface area contributed by atoms with Gasteiger partial charge in [-0.05, 0) is 54.4 Å². The second-order valence-electron chi connectivity index (χ2n) is 8.83. The topological polar surface area (TPSA) is 71.9 Å². The number of hydrogen-bond donors (Lipinski definition) is 1. The van der Waals surface area contributed by atoms with E-state index in [4.69, 9.17) is 9.47 Å². The van der Waals surface area contributed by atoms with E-state index in [9.17, 15) is 14.3 Å². The van der Waals surface area contributed by atoms with Crippen LogP contribution in [0.2, 0.25) is 0 Å². The van der Waals surface area contributed by atoms with E-state index in [0.717, 1.165) is 15.3 Å². The standard InChI is InChI=1S/C27H25FN2O4S/c1-30(2)27(32)17-5-3-4-16(10-17)11-18-14-34-23-8-7-20(13-21(23)26(18)31)33-15-25-29-22-12-19(28)6-9-24(22)35-25/h3-10,12-13,18,26,31H,11,14-15H2,1-2H3/t18-,26-/m0/s1. The molecule has 0 unspecified atom stereocenters. The Morgan fingerprint density at radius 1 is 1.20 bits per heavy atom. The van der Waals surface area contributed by atoms with Gasteiger partial charge in [-0.2, -0.15) is 0 Å². The van der Waals surface area contributed by atoms with Crippen molar-refractivity contribution in [2.24, 2.45) is 5.92 Å². The van der Waals surface area contributed by atoms with Crippen molar-refractivity contribution in [1.29, 1.82) is 0 Å². The molecular formula is C27H25FN2O4S. The van der Waals surface area contributed by atoms with Gasteiger partial charge in [-0.1, -0.05) is 12.1 Å². The molecule has 0 fully saturated rings. The molecule has 1 aliphatic heterocycles. The van der Waals surface area contributed by atoms with Crippen molar-refractivity contribution in [2.45, 2.75) is 19.1 Å². The van der Waals surface area contributed by atoms with Crippen LogP contribution in [0.3, 0.4) is 0 Å². The Hall–Kier alpha value is -3.49. The number of carbonyl (C=O) groups is 1. The first-order valence-electron chi connectivity index (χ1n) is 11.3. The molecule has 0 bridgehead atoms. The lowest BCUT2D eigenvalue weighted by molar-refractivity contribution is 0.0504. The van der Waals surface area contributed by atoms with E-state index in [1.807, 2.05) is 18.2 Å². The molecule has 8 heteroatoms. The monoisotopic (exact) mass is 492 g/mol. The third-order valence-electron chi connectivity index (χ3n) is 6.03. The lowest BCUT2D eigenvalue weighted by Gasteiger charge is -2.30. The third-order valence-corrected chi connectivity index (χ3v) is 7.04. The van der Waals surface area contributed by atoms with Crippen molar-refractivity contribution in [2.75, 3.05) is 20.7 Å². The van der Waals surface area contributed by atoms with E-state index in [1.54, 1.807) is 49.3 Å². The molecule has 0 aliphatic carbocycles. The molecule has 4 aromatic rings. The first kappa shape index (κ1) is 23.3. The summed E-state index contributed by atoms with van der Waals surface area (Å²) >= 11 is 1.46. The third kappa shape index (κ3) is 4.99. The molecule has 2 heterocycles. The van der Waals surface area contributed by atoms with E-state index < -0.39 is 6.10 Å². The summed E-state index contributed by atoms with van der Waals surface area (Å²) in [6.07, 6.45) is -0.163. The largest absolute Gasteiger partial charge is 0.493 e. The number of aromatic nitrogens is 1. The van der Waals surface area contributed by atoms with Crippen molar-refractivity contribution in [3.63, 3.8) is 0 Å². The second kappa shape index (κ2) is 9.64. The molecule has 0 saturated carbocycles. The highest BCUT2D eigenvalue weighted by Gasteiger charge is 2.30. The first-order chi connectivity index (χ1) is 16.9. The number of halogens is 1. The summed E-state index contributed by atoms with van der Waals surface area (Å²) in [5.74, 6) is 0.688. The summed E-state index contributed by atoms with van der Waals surface area (Å²) < 4.78 is 26.2. The summed E-state index contributed by atoms with van der Waals surface area (Å²) in [6, 6.07) is 17.4. The summed E-state index contributed by atoms with van der Waals surface area (Å²) in [5.41, 5.74) is 2.87. The zero-order valence-electron chi connectivity index (χ0n) is 19.4. The predicted molar refractivity (Wildman–Crippen MR) is 132 cm³/mol. The van der Waals surface area contributed by atoms with Crippen LogP contribution in [0.5, 0.6) is 11.5 Å². The van der Waals surface area contributed by atoms with E-state index in [2.05, 4.69) is 4.98 Å². The smallest absolute Gasteiger partial charge is 0.253 e. The number of rotatable bonds is 6. The Balaban J connectivity index is 1.29. The normalized spacial score (nSPS) is 17.0. The van der Waals surface area contributed by atoms with Gasteiger partial charge in [0.05, 0.1) is 22.9 Å². The molecule has 6 nitrogen and oxygen atoms in total. The van der Waals surface area contributed by atoms with Crippen molar-refractivity contribution < 1.29 is 23.8 Å².